The van der Waals surface area contributed by atoms with E-state index < -0.39 is 0 Å². The molecule has 0 aliphatic heterocycles. The number of fused-ring (bicyclic) bond motifs is 1. The Labute approximate surface area is 121 Å². The van der Waals surface area contributed by atoms with Crippen LogP contribution in [0.1, 0.15) is 5.56 Å². The molecule has 0 bridgehead atoms. The molecule has 3 aromatic rings. The molecule has 2 nitrogen and oxygen atoms in total. The van der Waals surface area contributed by atoms with Gasteiger partial charge in [0.2, 0.25) is 0 Å². The summed E-state index contributed by atoms with van der Waals surface area (Å²) in [5.41, 5.74) is 2.72. The van der Waals surface area contributed by atoms with E-state index in [1.54, 1.807) is 0 Å². The van der Waals surface area contributed by atoms with Gasteiger partial charge in [-0.3, -0.25) is 0 Å². The molecule has 0 fully saturated rings. The van der Waals surface area contributed by atoms with Gasteiger partial charge in [0.1, 0.15) is 5.15 Å². The summed E-state index contributed by atoms with van der Waals surface area (Å²) in [7, 11) is 0. The molecule has 94 valence electrons. The smallest absolute Gasteiger partial charge is 0.161 e. The fourth-order valence-electron chi connectivity index (χ4n) is 1.90. The quantitative estimate of drug-likeness (QED) is 0.595. The van der Waals surface area contributed by atoms with E-state index >= 15 is 0 Å². The molecule has 0 aliphatic rings. The largest absolute Gasteiger partial charge is 0.228 e. The lowest BCUT2D eigenvalue weighted by Gasteiger charge is -2.06. The van der Waals surface area contributed by atoms with Crippen LogP contribution in [-0.2, 0) is 0 Å². The summed E-state index contributed by atoms with van der Waals surface area (Å²) < 4.78 is 0. The van der Waals surface area contributed by atoms with Crippen LogP contribution in [-0.4, -0.2) is 9.97 Å². The molecule has 1 aromatic heterocycles. The topological polar surface area (TPSA) is 25.8 Å². The number of hydrogen-bond donors (Lipinski definition) is 0. The maximum absolute atomic E-state index is 6.20. The molecule has 4 heteroatoms. The number of aryl methyl sites for hydroxylation is 1. The summed E-state index contributed by atoms with van der Waals surface area (Å²) in [6.07, 6.45) is 0. The summed E-state index contributed by atoms with van der Waals surface area (Å²) in [5.74, 6) is 0.589. The molecule has 1 heterocycles. The zero-order chi connectivity index (χ0) is 13.4. The van der Waals surface area contributed by atoms with Gasteiger partial charge in [0.15, 0.2) is 5.82 Å². The molecule has 0 saturated heterocycles. The van der Waals surface area contributed by atoms with E-state index in [9.17, 15) is 0 Å². The van der Waals surface area contributed by atoms with Crippen molar-refractivity contribution in [2.75, 3.05) is 0 Å². The number of rotatable bonds is 1. The van der Waals surface area contributed by atoms with E-state index in [2.05, 4.69) is 9.97 Å². The van der Waals surface area contributed by atoms with Crippen molar-refractivity contribution in [1.29, 1.82) is 0 Å². The number of nitrogens with zero attached hydrogens (tertiary/aromatic N) is 2. The number of benzene rings is 2. The second-order valence-electron chi connectivity index (χ2n) is 4.32. The minimum atomic E-state index is 0.456. The van der Waals surface area contributed by atoms with Crippen LogP contribution in [0.3, 0.4) is 0 Å². The molecule has 0 spiro atoms. The molecule has 3 rings (SSSR count). The predicted octanol–water partition coefficient (Wildman–Crippen LogP) is 4.91. The van der Waals surface area contributed by atoms with Crippen molar-refractivity contribution in [2.45, 2.75) is 6.92 Å². The molecule has 0 unspecified atom stereocenters. The minimum Gasteiger partial charge on any atom is -0.228 e. The van der Waals surface area contributed by atoms with Gasteiger partial charge in [0.05, 0.1) is 5.52 Å². The van der Waals surface area contributed by atoms with Gasteiger partial charge < -0.3 is 0 Å². The SMILES string of the molecule is Cc1ccc(-c2nc(Cl)c3ccccc3n2)cc1Cl. The zero-order valence-corrected chi connectivity index (χ0v) is 11.7. The maximum Gasteiger partial charge on any atom is 0.161 e. The van der Waals surface area contributed by atoms with Gasteiger partial charge in [0, 0.05) is 16.0 Å². The number of halogens is 2. The average molecular weight is 289 g/mol. The highest BCUT2D eigenvalue weighted by Crippen LogP contribution is 2.27. The third kappa shape index (κ3) is 2.29. The van der Waals surface area contributed by atoms with Crippen LogP contribution in [0.4, 0.5) is 0 Å². The van der Waals surface area contributed by atoms with Crippen LogP contribution < -0.4 is 0 Å². The number of aromatic nitrogens is 2. The molecule has 0 radical (unpaired) electrons. The summed E-state index contributed by atoms with van der Waals surface area (Å²) in [4.78, 5) is 8.86. The molecular formula is C15H10Cl2N2. The Balaban J connectivity index is 2.22. The van der Waals surface area contributed by atoms with Crippen molar-refractivity contribution < 1.29 is 0 Å². The third-order valence-electron chi connectivity index (χ3n) is 2.99. The van der Waals surface area contributed by atoms with Crippen molar-refractivity contribution in [1.82, 2.24) is 9.97 Å². The fraction of sp³-hybridized carbons (Fsp3) is 0.0667. The van der Waals surface area contributed by atoms with Crippen molar-refractivity contribution >= 4 is 34.1 Å². The molecular weight excluding hydrogens is 279 g/mol. The highest BCUT2D eigenvalue weighted by atomic mass is 35.5. The van der Waals surface area contributed by atoms with E-state index in [1.807, 2.05) is 49.4 Å². The second-order valence-corrected chi connectivity index (χ2v) is 5.08. The van der Waals surface area contributed by atoms with Crippen molar-refractivity contribution in [3.63, 3.8) is 0 Å². The first-order valence-corrected chi connectivity index (χ1v) is 6.59. The summed E-state index contributed by atoms with van der Waals surface area (Å²) in [5, 5.41) is 2.01. The normalized spacial score (nSPS) is 10.9. The Kier molecular flexibility index (Phi) is 3.13. The lowest BCUT2D eigenvalue weighted by atomic mass is 10.1. The van der Waals surface area contributed by atoms with Crippen molar-refractivity contribution in [3.05, 3.63) is 58.2 Å². The Bertz CT molecular complexity index is 769. The van der Waals surface area contributed by atoms with Gasteiger partial charge in [-0.05, 0) is 30.7 Å². The van der Waals surface area contributed by atoms with E-state index in [0.717, 1.165) is 22.0 Å². The average Bonchev–Trinajstić information content (AvgIpc) is 2.42. The number of hydrogen-bond acceptors (Lipinski definition) is 2. The summed E-state index contributed by atoms with van der Waals surface area (Å²) >= 11 is 12.3. The minimum absolute atomic E-state index is 0.456. The first-order valence-electron chi connectivity index (χ1n) is 5.84. The van der Waals surface area contributed by atoms with Crippen LogP contribution in [0.25, 0.3) is 22.3 Å². The van der Waals surface area contributed by atoms with Crippen molar-refractivity contribution in [2.24, 2.45) is 0 Å². The second kappa shape index (κ2) is 4.80. The highest BCUT2D eigenvalue weighted by molar-refractivity contribution is 6.34. The van der Waals surface area contributed by atoms with Crippen LogP contribution in [0.5, 0.6) is 0 Å². The molecule has 0 N–H and O–H groups in total. The van der Waals surface area contributed by atoms with Gasteiger partial charge in [-0.15, -0.1) is 0 Å². The van der Waals surface area contributed by atoms with Crippen molar-refractivity contribution in [3.8, 4) is 11.4 Å². The lowest BCUT2D eigenvalue weighted by molar-refractivity contribution is 1.22. The fourth-order valence-corrected chi connectivity index (χ4v) is 2.32. The monoisotopic (exact) mass is 288 g/mol. The first-order chi connectivity index (χ1) is 9.15. The molecule has 0 saturated carbocycles. The van der Waals surface area contributed by atoms with Crippen LogP contribution >= 0.6 is 23.2 Å². The van der Waals surface area contributed by atoms with Crippen LogP contribution in [0.2, 0.25) is 10.2 Å². The van der Waals surface area contributed by atoms with Crippen LogP contribution in [0.15, 0.2) is 42.5 Å². The van der Waals surface area contributed by atoms with E-state index in [-0.39, 0.29) is 0 Å². The highest BCUT2D eigenvalue weighted by Gasteiger charge is 2.08. The molecule has 0 atom stereocenters. The Morgan fingerprint density at radius 2 is 1.74 bits per heavy atom. The van der Waals surface area contributed by atoms with Gasteiger partial charge in [0.25, 0.3) is 0 Å². The summed E-state index contributed by atoms with van der Waals surface area (Å²) in [6.45, 7) is 1.96. The Morgan fingerprint density at radius 3 is 2.53 bits per heavy atom. The first kappa shape index (κ1) is 12.4. The standard InChI is InChI=1S/C15H10Cl2N2/c1-9-6-7-10(8-12(9)16)15-18-13-5-3-2-4-11(13)14(17)19-15/h2-8H,1H3. The van der Waals surface area contributed by atoms with Gasteiger partial charge >= 0.3 is 0 Å². The van der Waals surface area contributed by atoms with E-state index in [1.165, 1.54) is 0 Å². The summed E-state index contributed by atoms with van der Waals surface area (Å²) in [6, 6.07) is 13.4. The molecule has 0 aliphatic carbocycles. The lowest BCUT2D eigenvalue weighted by Crippen LogP contribution is -1.92. The van der Waals surface area contributed by atoms with E-state index in [4.69, 9.17) is 23.2 Å². The number of para-hydroxylation sites is 1. The Morgan fingerprint density at radius 1 is 0.947 bits per heavy atom. The van der Waals surface area contributed by atoms with Gasteiger partial charge in [-0.2, -0.15) is 0 Å². The zero-order valence-electron chi connectivity index (χ0n) is 10.2. The molecule has 0 amide bonds. The van der Waals surface area contributed by atoms with Crippen LogP contribution in [0, 0.1) is 6.92 Å². The van der Waals surface area contributed by atoms with Gasteiger partial charge in [-0.25, -0.2) is 9.97 Å². The maximum atomic E-state index is 6.20. The molecule has 2 aromatic carbocycles. The third-order valence-corrected chi connectivity index (χ3v) is 3.68. The predicted molar refractivity (Wildman–Crippen MR) is 79.7 cm³/mol. The Hall–Kier alpha value is -1.64. The van der Waals surface area contributed by atoms with Gasteiger partial charge in [-0.1, -0.05) is 47.5 Å². The molecule has 19 heavy (non-hydrogen) atoms. The van der Waals surface area contributed by atoms with E-state index in [0.29, 0.717) is 16.0 Å².